The molecule has 8 heteroatoms. The van der Waals surface area contributed by atoms with Gasteiger partial charge in [0.2, 0.25) is 5.28 Å². The van der Waals surface area contributed by atoms with Gasteiger partial charge in [-0.2, -0.15) is 8.75 Å². The molecule has 2 heterocycles. The predicted octanol–water partition coefficient (Wildman–Crippen LogP) is 3.84. The summed E-state index contributed by atoms with van der Waals surface area (Å²) in [4.78, 5) is 8.05. The monoisotopic (exact) mass is 311 g/mol. The summed E-state index contributed by atoms with van der Waals surface area (Å²) in [5, 5.41) is 3.87. The number of anilines is 2. The van der Waals surface area contributed by atoms with E-state index in [1.54, 1.807) is 12.3 Å². The quantitative estimate of drug-likeness (QED) is 0.728. The van der Waals surface area contributed by atoms with Crippen molar-refractivity contribution in [2.24, 2.45) is 0 Å². The Bertz CT molecular complexity index is 758. The Morgan fingerprint density at radius 3 is 2.89 bits per heavy atom. The van der Waals surface area contributed by atoms with Gasteiger partial charge in [0.05, 0.1) is 22.4 Å². The number of nitrogens with zero attached hydrogens (tertiary/aromatic N) is 4. The summed E-state index contributed by atoms with van der Waals surface area (Å²) < 4.78 is 8.41. The van der Waals surface area contributed by atoms with Crippen LogP contribution in [0.3, 0.4) is 0 Å². The van der Waals surface area contributed by atoms with E-state index in [1.165, 1.54) is 0 Å². The van der Waals surface area contributed by atoms with Crippen LogP contribution in [-0.4, -0.2) is 18.7 Å². The molecule has 0 radical (unpaired) electrons. The molecule has 2 aromatic heterocycles. The lowest BCUT2D eigenvalue weighted by molar-refractivity contribution is 1.13. The number of halogens is 2. The molecule has 0 amide bonds. The van der Waals surface area contributed by atoms with Crippen molar-refractivity contribution in [3.8, 4) is 0 Å². The SMILES string of the molecule is Cc1cnc(Cl)nc1Nc1c(Cl)ccc2nsnc12. The second-order valence-electron chi connectivity index (χ2n) is 3.85. The minimum Gasteiger partial charge on any atom is -0.337 e. The van der Waals surface area contributed by atoms with E-state index in [-0.39, 0.29) is 5.28 Å². The summed E-state index contributed by atoms with van der Waals surface area (Å²) >= 11 is 13.1. The normalized spacial score (nSPS) is 10.9. The highest BCUT2D eigenvalue weighted by Gasteiger charge is 2.12. The van der Waals surface area contributed by atoms with E-state index in [4.69, 9.17) is 23.2 Å². The second-order valence-corrected chi connectivity index (χ2v) is 5.12. The Balaban J connectivity index is 2.12. The first-order chi connectivity index (χ1) is 9.15. The maximum Gasteiger partial charge on any atom is 0.224 e. The highest BCUT2D eigenvalue weighted by Crippen LogP contribution is 2.32. The van der Waals surface area contributed by atoms with Crippen LogP contribution in [0.5, 0.6) is 0 Å². The fraction of sp³-hybridized carbons (Fsp3) is 0.0909. The molecule has 0 fully saturated rings. The van der Waals surface area contributed by atoms with Crippen molar-refractivity contribution < 1.29 is 0 Å². The predicted molar refractivity (Wildman–Crippen MR) is 77.5 cm³/mol. The largest absolute Gasteiger partial charge is 0.337 e. The van der Waals surface area contributed by atoms with Crippen LogP contribution in [-0.2, 0) is 0 Å². The zero-order valence-electron chi connectivity index (χ0n) is 9.69. The lowest BCUT2D eigenvalue weighted by Crippen LogP contribution is -1.99. The summed E-state index contributed by atoms with van der Waals surface area (Å²) in [6.45, 7) is 1.88. The fourth-order valence-electron chi connectivity index (χ4n) is 1.61. The molecule has 0 saturated heterocycles. The zero-order valence-corrected chi connectivity index (χ0v) is 12.0. The molecule has 1 N–H and O–H groups in total. The van der Waals surface area contributed by atoms with Crippen LogP contribution in [0.15, 0.2) is 18.3 Å². The molecule has 1 aromatic carbocycles. The maximum atomic E-state index is 6.20. The molecule has 19 heavy (non-hydrogen) atoms. The number of aromatic nitrogens is 4. The van der Waals surface area contributed by atoms with Crippen LogP contribution in [0, 0.1) is 6.92 Å². The summed E-state index contributed by atoms with van der Waals surface area (Å²) in [6, 6.07) is 3.60. The van der Waals surface area contributed by atoms with Crippen molar-refractivity contribution >= 4 is 57.5 Å². The van der Waals surface area contributed by atoms with Gasteiger partial charge in [-0.15, -0.1) is 0 Å². The lowest BCUT2D eigenvalue weighted by atomic mass is 10.2. The minimum atomic E-state index is 0.174. The van der Waals surface area contributed by atoms with Gasteiger partial charge < -0.3 is 5.32 Å². The van der Waals surface area contributed by atoms with E-state index in [9.17, 15) is 0 Å². The van der Waals surface area contributed by atoms with Crippen LogP contribution in [0.25, 0.3) is 11.0 Å². The molecule has 0 atom stereocenters. The molecule has 3 aromatic rings. The Kier molecular flexibility index (Phi) is 3.22. The second kappa shape index (κ2) is 4.88. The van der Waals surface area contributed by atoms with Crippen molar-refractivity contribution in [3.05, 3.63) is 34.2 Å². The number of benzene rings is 1. The van der Waals surface area contributed by atoms with Crippen molar-refractivity contribution in [2.45, 2.75) is 6.92 Å². The first-order valence-corrected chi connectivity index (χ1v) is 6.80. The lowest BCUT2D eigenvalue weighted by Gasteiger charge is -2.10. The van der Waals surface area contributed by atoms with E-state index >= 15 is 0 Å². The standard InChI is InChI=1S/C11H7Cl2N5S/c1-5-4-14-11(13)16-10(5)15-8-6(12)2-3-7-9(8)18-19-17-7/h2-4H,1H3,(H,14,15,16). The van der Waals surface area contributed by atoms with Crippen LogP contribution >= 0.6 is 34.9 Å². The molecule has 0 aliphatic rings. The Morgan fingerprint density at radius 1 is 1.21 bits per heavy atom. The molecule has 0 aliphatic carbocycles. The first kappa shape index (κ1) is 12.5. The number of rotatable bonds is 2. The number of nitrogens with one attached hydrogen (secondary N) is 1. The molecule has 0 bridgehead atoms. The van der Waals surface area contributed by atoms with Crippen molar-refractivity contribution in [1.29, 1.82) is 0 Å². The van der Waals surface area contributed by atoms with E-state index < -0.39 is 0 Å². The summed E-state index contributed by atoms with van der Waals surface area (Å²) in [7, 11) is 0. The molecular weight excluding hydrogens is 305 g/mol. The molecule has 0 aliphatic heterocycles. The molecular formula is C11H7Cl2N5S. The summed E-state index contributed by atoms with van der Waals surface area (Å²) in [5.41, 5.74) is 3.03. The number of aryl methyl sites for hydroxylation is 1. The molecule has 5 nitrogen and oxygen atoms in total. The van der Waals surface area contributed by atoms with E-state index in [0.29, 0.717) is 22.0 Å². The highest BCUT2D eigenvalue weighted by atomic mass is 35.5. The molecule has 0 unspecified atom stereocenters. The van der Waals surface area contributed by atoms with E-state index in [1.807, 2.05) is 13.0 Å². The Hall–Kier alpha value is -1.50. The van der Waals surface area contributed by atoms with Crippen LogP contribution in [0.1, 0.15) is 5.56 Å². The van der Waals surface area contributed by atoms with Gasteiger partial charge >= 0.3 is 0 Å². The average Bonchev–Trinajstić information content (AvgIpc) is 2.85. The smallest absolute Gasteiger partial charge is 0.224 e. The van der Waals surface area contributed by atoms with E-state index in [0.717, 1.165) is 22.8 Å². The van der Waals surface area contributed by atoms with Crippen molar-refractivity contribution in [2.75, 3.05) is 5.32 Å². The zero-order chi connectivity index (χ0) is 13.4. The van der Waals surface area contributed by atoms with Crippen LogP contribution < -0.4 is 5.32 Å². The van der Waals surface area contributed by atoms with Crippen LogP contribution in [0.4, 0.5) is 11.5 Å². The molecule has 96 valence electrons. The Labute approximate surface area is 122 Å². The number of fused-ring (bicyclic) bond motifs is 1. The third-order valence-corrected chi connectivity index (χ3v) is 3.60. The van der Waals surface area contributed by atoms with Gasteiger partial charge in [-0.1, -0.05) is 11.6 Å². The van der Waals surface area contributed by atoms with Gasteiger partial charge in [-0.25, -0.2) is 9.97 Å². The third kappa shape index (κ3) is 2.34. The first-order valence-electron chi connectivity index (χ1n) is 5.32. The van der Waals surface area contributed by atoms with E-state index in [2.05, 4.69) is 24.0 Å². The summed E-state index contributed by atoms with van der Waals surface area (Å²) in [5.74, 6) is 0.599. The van der Waals surface area contributed by atoms with Gasteiger partial charge in [0.25, 0.3) is 0 Å². The molecule has 0 spiro atoms. The third-order valence-electron chi connectivity index (χ3n) is 2.56. The van der Waals surface area contributed by atoms with Gasteiger partial charge in [0.1, 0.15) is 16.9 Å². The van der Waals surface area contributed by atoms with Gasteiger partial charge in [0.15, 0.2) is 0 Å². The maximum absolute atomic E-state index is 6.20. The summed E-state index contributed by atoms with van der Waals surface area (Å²) in [6.07, 6.45) is 1.64. The number of hydrogen-bond acceptors (Lipinski definition) is 6. The Morgan fingerprint density at radius 2 is 2.05 bits per heavy atom. The minimum absolute atomic E-state index is 0.174. The van der Waals surface area contributed by atoms with Crippen molar-refractivity contribution in [1.82, 2.24) is 18.7 Å². The van der Waals surface area contributed by atoms with Crippen LogP contribution in [0.2, 0.25) is 10.3 Å². The fourth-order valence-corrected chi connectivity index (χ4v) is 2.49. The van der Waals surface area contributed by atoms with Gasteiger partial charge in [-0.3, -0.25) is 0 Å². The van der Waals surface area contributed by atoms with Gasteiger partial charge in [-0.05, 0) is 30.7 Å². The molecule has 0 saturated carbocycles. The molecule has 3 rings (SSSR count). The highest BCUT2D eigenvalue weighted by molar-refractivity contribution is 7.00. The number of hydrogen-bond donors (Lipinski definition) is 1. The average molecular weight is 312 g/mol. The topological polar surface area (TPSA) is 63.6 Å². The van der Waals surface area contributed by atoms with Gasteiger partial charge in [0, 0.05) is 11.8 Å². The van der Waals surface area contributed by atoms with Crippen molar-refractivity contribution in [3.63, 3.8) is 0 Å².